The second-order valence-electron chi connectivity index (χ2n) is 8.70. The Bertz CT molecular complexity index is 786. The highest BCUT2D eigenvalue weighted by Crippen LogP contribution is 2.37. The number of hydrogen-bond acceptors (Lipinski definition) is 5. The first kappa shape index (κ1) is 22.5. The standard InChI is InChI=1S/C21H28F3N3O3/c1-12-8-16(13(2)28)10-17(9-12)14(3)30-20(29)27-7-5-15(11-27)19-25-6-4-18(26-19)21(22,23)24/h4,6,12,14-17H,5,7-11H2,1-3H3. The van der Waals surface area contributed by atoms with Gasteiger partial charge in [0.05, 0.1) is 0 Å². The van der Waals surface area contributed by atoms with Crippen LogP contribution in [-0.2, 0) is 15.7 Å². The van der Waals surface area contributed by atoms with E-state index in [0.29, 0.717) is 18.9 Å². The van der Waals surface area contributed by atoms with Crippen molar-refractivity contribution in [2.24, 2.45) is 17.8 Å². The minimum atomic E-state index is -4.53. The summed E-state index contributed by atoms with van der Waals surface area (Å²) in [4.78, 5) is 33.5. The lowest BCUT2D eigenvalue weighted by atomic mass is 9.73. The Morgan fingerprint density at radius 2 is 2.00 bits per heavy atom. The van der Waals surface area contributed by atoms with Crippen LogP contribution in [0, 0.1) is 17.8 Å². The van der Waals surface area contributed by atoms with Gasteiger partial charge in [0, 0.05) is 31.1 Å². The smallest absolute Gasteiger partial charge is 0.433 e. The zero-order valence-corrected chi connectivity index (χ0v) is 17.5. The summed E-state index contributed by atoms with van der Waals surface area (Å²) in [6, 6.07) is 0.839. The number of ether oxygens (including phenoxy) is 1. The normalized spacial score (nSPS) is 28.3. The number of nitrogens with zero attached hydrogens (tertiary/aromatic N) is 3. The molecule has 1 aliphatic carbocycles. The van der Waals surface area contributed by atoms with Gasteiger partial charge < -0.3 is 9.64 Å². The van der Waals surface area contributed by atoms with Gasteiger partial charge >= 0.3 is 12.3 Å². The fourth-order valence-corrected chi connectivity index (χ4v) is 4.57. The van der Waals surface area contributed by atoms with Crippen LogP contribution >= 0.6 is 0 Å². The summed E-state index contributed by atoms with van der Waals surface area (Å²) in [7, 11) is 0. The van der Waals surface area contributed by atoms with E-state index in [-0.39, 0.29) is 42.0 Å². The molecular formula is C21H28F3N3O3. The second kappa shape index (κ2) is 8.89. The van der Waals surface area contributed by atoms with Gasteiger partial charge in [0.2, 0.25) is 0 Å². The summed E-state index contributed by atoms with van der Waals surface area (Å²) in [5.41, 5.74) is -0.978. The average Bonchev–Trinajstić information content (AvgIpc) is 3.17. The number of aromatic nitrogens is 2. The van der Waals surface area contributed by atoms with E-state index in [1.54, 1.807) is 6.92 Å². The number of amides is 1. The fraction of sp³-hybridized carbons (Fsp3) is 0.714. The van der Waals surface area contributed by atoms with Gasteiger partial charge in [-0.05, 0) is 57.4 Å². The third-order valence-corrected chi connectivity index (χ3v) is 6.28. The van der Waals surface area contributed by atoms with Crippen LogP contribution in [0.3, 0.4) is 0 Å². The lowest BCUT2D eigenvalue weighted by Gasteiger charge is -2.35. The van der Waals surface area contributed by atoms with Gasteiger partial charge in [-0.1, -0.05) is 6.92 Å². The molecule has 166 valence electrons. The molecule has 9 heteroatoms. The predicted molar refractivity (Wildman–Crippen MR) is 103 cm³/mol. The number of carbonyl (C=O) groups excluding carboxylic acids is 2. The molecule has 30 heavy (non-hydrogen) atoms. The number of hydrogen-bond donors (Lipinski definition) is 0. The van der Waals surface area contributed by atoms with Crippen LogP contribution in [0.15, 0.2) is 12.3 Å². The van der Waals surface area contributed by atoms with Gasteiger partial charge in [0.15, 0.2) is 0 Å². The number of Topliss-reactive ketones (excluding diaryl/α,β-unsaturated/α-hetero) is 1. The molecule has 3 rings (SSSR count). The quantitative estimate of drug-likeness (QED) is 0.710. The molecule has 1 aliphatic heterocycles. The third kappa shape index (κ3) is 5.29. The summed E-state index contributed by atoms with van der Waals surface area (Å²) >= 11 is 0. The predicted octanol–water partition coefficient (Wildman–Crippen LogP) is 4.45. The monoisotopic (exact) mass is 427 g/mol. The molecular weight excluding hydrogens is 399 g/mol. The van der Waals surface area contributed by atoms with Crippen molar-refractivity contribution in [1.29, 1.82) is 0 Å². The van der Waals surface area contributed by atoms with Crippen LogP contribution in [0.25, 0.3) is 0 Å². The first-order valence-corrected chi connectivity index (χ1v) is 10.4. The van der Waals surface area contributed by atoms with Crippen LogP contribution in [0.5, 0.6) is 0 Å². The number of ketones is 1. The van der Waals surface area contributed by atoms with Crippen molar-refractivity contribution in [3.05, 3.63) is 23.8 Å². The maximum absolute atomic E-state index is 12.9. The van der Waals surface area contributed by atoms with Crippen LogP contribution < -0.4 is 0 Å². The average molecular weight is 427 g/mol. The number of halogens is 3. The molecule has 5 unspecified atom stereocenters. The lowest BCUT2D eigenvalue weighted by Crippen LogP contribution is -2.37. The van der Waals surface area contributed by atoms with Crippen molar-refractivity contribution in [3.63, 3.8) is 0 Å². The van der Waals surface area contributed by atoms with E-state index in [2.05, 4.69) is 16.9 Å². The summed E-state index contributed by atoms with van der Waals surface area (Å²) in [6.45, 7) is 6.17. The molecule has 0 N–H and O–H groups in total. The molecule has 0 radical (unpaired) electrons. The van der Waals surface area contributed by atoms with Gasteiger partial charge in [0.1, 0.15) is 23.4 Å². The maximum Gasteiger partial charge on any atom is 0.433 e. The van der Waals surface area contributed by atoms with Crippen molar-refractivity contribution in [3.8, 4) is 0 Å². The van der Waals surface area contributed by atoms with E-state index in [1.807, 2.05) is 6.92 Å². The van der Waals surface area contributed by atoms with Gasteiger partial charge in [0.25, 0.3) is 0 Å². The molecule has 5 atom stereocenters. The fourth-order valence-electron chi connectivity index (χ4n) is 4.57. The van der Waals surface area contributed by atoms with Crippen LogP contribution in [0.1, 0.15) is 63.9 Å². The van der Waals surface area contributed by atoms with Gasteiger partial charge in [-0.15, -0.1) is 0 Å². The SMILES string of the molecule is CC(=O)C1CC(C)CC(C(C)OC(=O)N2CCC(c3nccc(C(F)(F)F)n3)C2)C1. The molecule has 1 aromatic rings. The summed E-state index contributed by atoms with van der Waals surface area (Å²) in [5.74, 6) is 0.443. The van der Waals surface area contributed by atoms with Crippen molar-refractivity contribution in [2.75, 3.05) is 13.1 Å². The lowest BCUT2D eigenvalue weighted by molar-refractivity contribution is -0.141. The van der Waals surface area contributed by atoms with E-state index in [0.717, 1.165) is 31.5 Å². The van der Waals surface area contributed by atoms with Gasteiger partial charge in [-0.2, -0.15) is 13.2 Å². The molecule has 1 aromatic heterocycles. The number of likely N-dealkylation sites (tertiary alicyclic amines) is 1. The zero-order valence-electron chi connectivity index (χ0n) is 17.5. The Balaban J connectivity index is 1.58. The van der Waals surface area contributed by atoms with Crippen molar-refractivity contribution in [1.82, 2.24) is 14.9 Å². The van der Waals surface area contributed by atoms with E-state index in [9.17, 15) is 22.8 Å². The third-order valence-electron chi connectivity index (χ3n) is 6.28. The minimum absolute atomic E-state index is 0.00845. The first-order chi connectivity index (χ1) is 14.0. The summed E-state index contributed by atoms with van der Waals surface area (Å²) in [5, 5.41) is 0. The Morgan fingerprint density at radius 3 is 2.67 bits per heavy atom. The molecule has 6 nitrogen and oxygen atoms in total. The van der Waals surface area contributed by atoms with E-state index < -0.39 is 18.0 Å². The first-order valence-electron chi connectivity index (χ1n) is 10.4. The largest absolute Gasteiger partial charge is 0.446 e. The molecule has 2 fully saturated rings. The summed E-state index contributed by atoms with van der Waals surface area (Å²) in [6.07, 6.45) is -1.26. The number of alkyl halides is 3. The van der Waals surface area contributed by atoms with Crippen LogP contribution in [0.2, 0.25) is 0 Å². The zero-order chi connectivity index (χ0) is 22.1. The molecule has 2 aliphatic rings. The molecule has 1 saturated heterocycles. The van der Waals surface area contributed by atoms with Gasteiger partial charge in [-0.3, -0.25) is 4.79 Å². The van der Waals surface area contributed by atoms with Crippen molar-refractivity contribution in [2.45, 2.75) is 64.7 Å². The van der Waals surface area contributed by atoms with Crippen molar-refractivity contribution < 1.29 is 27.5 Å². The second-order valence-corrected chi connectivity index (χ2v) is 8.70. The Labute approximate surface area is 174 Å². The number of carbonyl (C=O) groups is 2. The Morgan fingerprint density at radius 1 is 1.27 bits per heavy atom. The number of rotatable bonds is 4. The minimum Gasteiger partial charge on any atom is -0.446 e. The maximum atomic E-state index is 12.9. The van der Waals surface area contributed by atoms with Gasteiger partial charge in [-0.25, -0.2) is 14.8 Å². The van der Waals surface area contributed by atoms with Crippen molar-refractivity contribution >= 4 is 11.9 Å². The highest BCUT2D eigenvalue weighted by molar-refractivity contribution is 5.78. The Kier molecular flexibility index (Phi) is 6.67. The van der Waals surface area contributed by atoms with E-state index in [1.165, 1.54) is 4.90 Å². The van der Waals surface area contributed by atoms with E-state index in [4.69, 9.17) is 4.74 Å². The van der Waals surface area contributed by atoms with Crippen LogP contribution in [-0.4, -0.2) is 45.9 Å². The topological polar surface area (TPSA) is 72.4 Å². The molecule has 0 aromatic carbocycles. The highest BCUT2D eigenvalue weighted by atomic mass is 19.4. The highest BCUT2D eigenvalue weighted by Gasteiger charge is 2.37. The molecule has 0 bridgehead atoms. The molecule has 2 heterocycles. The Hall–Kier alpha value is -2.19. The van der Waals surface area contributed by atoms with E-state index >= 15 is 0 Å². The molecule has 0 spiro atoms. The van der Waals surface area contributed by atoms with Crippen LogP contribution in [0.4, 0.5) is 18.0 Å². The molecule has 1 amide bonds. The summed E-state index contributed by atoms with van der Waals surface area (Å²) < 4.78 is 44.3. The molecule has 1 saturated carbocycles.